The first-order chi connectivity index (χ1) is 6.18. The third-order valence-corrected chi connectivity index (χ3v) is 1.68. The predicted octanol–water partition coefficient (Wildman–Crippen LogP) is 0.863. The molecule has 13 heavy (non-hydrogen) atoms. The number of benzene rings is 1. The largest absolute Gasteiger partial charge is 0.508 e. The van der Waals surface area contributed by atoms with E-state index in [1.54, 1.807) is 25.1 Å². The van der Waals surface area contributed by atoms with Crippen molar-refractivity contribution in [3.63, 3.8) is 0 Å². The van der Waals surface area contributed by atoms with Gasteiger partial charge in [0.15, 0.2) is 0 Å². The van der Waals surface area contributed by atoms with Crippen LogP contribution in [0, 0.1) is 0 Å². The Kier molecular flexibility index (Phi) is 3.73. The minimum Gasteiger partial charge on any atom is -0.508 e. The molecule has 0 spiro atoms. The van der Waals surface area contributed by atoms with Crippen molar-refractivity contribution >= 4 is 0 Å². The van der Waals surface area contributed by atoms with Gasteiger partial charge in [-0.05, 0) is 24.6 Å². The highest BCUT2D eigenvalue weighted by Gasteiger charge is 1.96. The average molecular weight is 181 g/mol. The molecule has 1 atom stereocenters. The minimum absolute atomic E-state index is 0.274. The van der Waals surface area contributed by atoms with Crippen molar-refractivity contribution in [3.05, 3.63) is 29.8 Å². The van der Waals surface area contributed by atoms with Gasteiger partial charge in [0.25, 0.3) is 0 Å². The minimum atomic E-state index is -0.336. The summed E-state index contributed by atoms with van der Waals surface area (Å²) in [6.45, 7) is 2.96. The van der Waals surface area contributed by atoms with Crippen LogP contribution in [0.1, 0.15) is 12.5 Å². The van der Waals surface area contributed by atoms with Crippen molar-refractivity contribution in [2.75, 3.05) is 6.54 Å². The number of aliphatic hydroxyl groups excluding tert-OH is 1. The van der Waals surface area contributed by atoms with Crippen molar-refractivity contribution in [1.82, 2.24) is 5.32 Å². The molecule has 0 saturated carbocycles. The van der Waals surface area contributed by atoms with Gasteiger partial charge >= 0.3 is 0 Å². The highest BCUT2D eigenvalue weighted by atomic mass is 16.3. The number of hydrogen-bond donors (Lipinski definition) is 3. The monoisotopic (exact) mass is 181 g/mol. The van der Waals surface area contributed by atoms with E-state index in [-0.39, 0.29) is 11.9 Å². The lowest BCUT2D eigenvalue weighted by Gasteiger charge is -2.06. The SMILES string of the molecule is C[C@@H](O)CNCc1cccc(O)c1. The zero-order chi connectivity index (χ0) is 9.68. The lowest BCUT2D eigenvalue weighted by Crippen LogP contribution is -2.23. The average Bonchev–Trinajstić information content (AvgIpc) is 2.03. The molecule has 3 nitrogen and oxygen atoms in total. The van der Waals surface area contributed by atoms with Crippen molar-refractivity contribution in [1.29, 1.82) is 0 Å². The fraction of sp³-hybridized carbons (Fsp3) is 0.400. The maximum atomic E-state index is 9.14. The third-order valence-electron chi connectivity index (χ3n) is 1.68. The van der Waals surface area contributed by atoms with Gasteiger partial charge in [0.2, 0.25) is 0 Å². The van der Waals surface area contributed by atoms with Crippen LogP contribution in [0.4, 0.5) is 0 Å². The van der Waals surface area contributed by atoms with Crippen LogP contribution >= 0.6 is 0 Å². The summed E-state index contributed by atoms with van der Waals surface area (Å²) < 4.78 is 0. The Labute approximate surface area is 78.0 Å². The molecular formula is C10H15NO2. The molecule has 0 radical (unpaired) electrons. The van der Waals surface area contributed by atoms with Crippen LogP contribution in [-0.2, 0) is 6.54 Å². The normalized spacial score (nSPS) is 12.8. The molecule has 0 unspecified atom stereocenters. The molecular weight excluding hydrogens is 166 g/mol. The van der Waals surface area contributed by atoms with Gasteiger partial charge in [-0.1, -0.05) is 12.1 Å². The summed E-state index contributed by atoms with van der Waals surface area (Å²) in [6, 6.07) is 7.07. The first-order valence-electron chi connectivity index (χ1n) is 4.35. The summed E-state index contributed by atoms with van der Waals surface area (Å²) in [7, 11) is 0. The number of aliphatic hydroxyl groups is 1. The zero-order valence-electron chi connectivity index (χ0n) is 7.70. The van der Waals surface area contributed by atoms with E-state index >= 15 is 0 Å². The fourth-order valence-corrected chi connectivity index (χ4v) is 1.09. The zero-order valence-corrected chi connectivity index (χ0v) is 7.70. The van der Waals surface area contributed by atoms with E-state index in [1.165, 1.54) is 0 Å². The van der Waals surface area contributed by atoms with E-state index in [4.69, 9.17) is 10.2 Å². The van der Waals surface area contributed by atoms with Crippen LogP contribution in [0.5, 0.6) is 5.75 Å². The maximum absolute atomic E-state index is 9.14. The smallest absolute Gasteiger partial charge is 0.115 e. The third kappa shape index (κ3) is 3.92. The summed E-state index contributed by atoms with van der Waals surface area (Å²) in [5, 5.41) is 21.2. The van der Waals surface area contributed by atoms with Crippen LogP contribution in [-0.4, -0.2) is 22.9 Å². The number of phenols is 1. The van der Waals surface area contributed by atoms with Crippen molar-refractivity contribution < 1.29 is 10.2 Å². The second-order valence-electron chi connectivity index (χ2n) is 3.15. The molecule has 0 amide bonds. The van der Waals surface area contributed by atoms with E-state index in [0.29, 0.717) is 13.1 Å². The lowest BCUT2D eigenvalue weighted by atomic mass is 10.2. The molecule has 1 aromatic rings. The maximum Gasteiger partial charge on any atom is 0.115 e. The summed E-state index contributed by atoms with van der Waals surface area (Å²) in [5.74, 6) is 0.274. The molecule has 0 saturated heterocycles. The molecule has 1 rings (SSSR count). The molecule has 3 heteroatoms. The summed E-state index contributed by atoms with van der Waals surface area (Å²) in [6.07, 6.45) is -0.336. The molecule has 0 bridgehead atoms. The Balaban J connectivity index is 2.37. The van der Waals surface area contributed by atoms with Gasteiger partial charge in [0.1, 0.15) is 5.75 Å². The summed E-state index contributed by atoms with van der Waals surface area (Å²) >= 11 is 0. The van der Waals surface area contributed by atoms with E-state index in [2.05, 4.69) is 5.32 Å². The van der Waals surface area contributed by atoms with Crippen LogP contribution in [0.25, 0.3) is 0 Å². The van der Waals surface area contributed by atoms with Crippen molar-refractivity contribution in [2.24, 2.45) is 0 Å². The van der Waals surface area contributed by atoms with Gasteiger partial charge < -0.3 is 15.5 Å². The van der Waals surface area contributed by atoms with Crippen LogP contribution in [0.15, 0.2) is 24.3 Å². The molecule has 0 aliphatic rings. The predicted molar refractivity (Wildman–Crippen MR) is 51.5 cm³/mol. The number of nitrogens with one attached hydrogen (secondary N) is 1. The van der Waals surface area contributed by atoms with Crippen molar-refractivity contribution in [3.8, 4) is 5.75 Å². The highest BCUT2D eigenvalue weighted by molar-refractivity contribution is 5.26. The van der Waals surface area contributed by atoms with E-state index in [9.17, 15) is 0 Å². The molecule has 1 aromatic carbocycles. The molecule has 3 N–H and O–H groups in total. The van der Waals surface area contributed by atoms with Gasteiger partial charge in [0, 0.05) is 13.1 Å². The summed E-state index contributed by atoms with van der Waals surface area (Å²) in [4.78, 5) is 0. The van der Waals surface area contributed by atoms with Crippen molar-refractivity contribution in [2.45, 2.75) is 19.6 Å². The molecule has 0 aromatic heterocycles. The van der Waals surface area contributed by atoms with E-state index < -0.39 is 0 Å². The number of hydrogen-bond acceptors (Lipinski definition) is 3. The van der Waals surface area contributed by atoms with Gasteiger partial charge in [-0.15, -0.1) is 0 Å². The fourth-order valence-electron chi connectivity index (χ4n) is 1.09. The molecule has 0 heterocycles. The number of rotatable bonds is 4. The number of aromatic hydroxyl groups is 1. The lowest BCUT2D eigenvalue weighted by molar-refractivity contribution is 0.191. The van der Waals surface area contributed by atoms with Crippen LogP contribution < -0.4 is 5.32 Å². The number of phenolic OH excluding ortho intramolecular Hbond substituents is 1. The first-order valence-corrected chi connectivity index (χ1v) is 4.35. The molecule has 0 aliphatic carbocycles. The molecule has 72 valence electrons. The topological polar surface area (TPSA) is 52.5 Å². The van der Waals surface area contributed by atoms with Crippen LogP contribution in [0.3, 0.4) is 0 Å². The Morgan fingerprint density at radius 2 is 2.23 bits per heavy atom. The van der Waals surface area contributed by atoms with E-state index in [1.807, 2.05) is 6.07 Å². The van der Waals surface area contributed by atoms with E-state index in [0.717, 1.165) is 5.56 Å². The second-order valence-corrected chi connectivity index (χ2v) is 3.15. The summed E-state index contributed by atoms with van der Waals surface area (Å²) in [5.41, 5.74) is 1.01. The van der Waals surface area contributed by atoms with Crippen LogP contribution in [0.2, 0.25) is 0 Å². The Morgan fingerprint density at radius 1 is 1.46 bits per heavy atom. The standard InChI is InChI=1S/C10H15NO2/c1-8(12)6-11-7-9-3-2-4-10(13)5-9/h2-5,8,11-13H,6-7H2,1H3/t8-/m1/s1. The van der Waals surface area contributed by atoms with Gasteiger partial charge in [-0.2, -0.15) is 0 Å². The molecule has 0 fully saturated rings. The van der Waals surface area contributed by atoms with Gasteiger partial charge in [0.05, 0.1) is 6.10 Å². The van der Waals surface area contributed by atoms with Gasteiger partial charge in [-0.3, -0.25) is 0 Å². The molecule has 0 aliphatic heterocycles. The van der Waals surface area contributed by atoms with Gasteiger partial charge in [-0.25, -0.2) is 0 Å². The highest BCUT2D eigenvalue weighted by Crippen LogP contribution is 2.10. The Morgan fingerprint density at radius 3 is 2.85 bits per heavy atom. The quantitative estimate of drug-likeness (QED) is 0.646. The Hall–Kier alpha value is -1.06. The second kappa shape index (κ2) is 4.84. The first kappa shape index (κ1) is 10.0. The Bertz CT molecular complexity index is 261.